The van der Waals surface area contributed by atoms with Gasteiger partial charge in [-0.3, -0.25) is 4.79 Å². The summed E-state index contributed by atoms with van der Waals surface area (Å²) in [5, 5.41) is 9.19. The molecule has 1 saturated heterocycles. The van der Waals surface area contributed by atoms with Crippen molar-refractivity contribution in [2.45, 2.75) is 26.2 Å². The second kappa shape index (κ2) is 8.20. The zero-order valence-electron chi connectivity index (χ0n) is 14.2. The summed E-state index contributed by atoms with van der Waals surface area (Å²) >= 11 is 0. The molecule has 1 fully saturated rings. The first-order valence-electron chi connectivity index (χ1n) is 8.19. The van der Waals surface area contributed by atoms with Crippen LogP contribution in [0.2, 0.25) is 0 Å². The molecule has 0 spiro atoms. The molecule has 0 aromatic heterocycles. The van der Waals surface area contributed by atoms with Gasteiger partial charge in [0, 0.05) is 25.6 Å². The highest BCUT2D eigenvalue weighted by Crippen LogP contribution is 2.29. The fourth-order valence-electron chi connectivity index (χ4n) is 3.10. The first-order valence-corrected chi connectivity index (χ1v) is 8.19. The molecule has 0 aliphatic carbocycles. The van der Waals surface area contributed by atoms with Gasteiger partial charge >= 0.3 is 0 Å². The number of ether oxygens (including phenoxy) is 2. The predicted molar refractivity (Wildman–Crippen MR) is 88.8 cm³/mol. The fraction of sp³-hybridized carbons (Fsp3) is 0.611. The summed E-state index contributed by atoms with van der Waals surface area (Å²) < 4.78 is 10.6. The first kappa shape index (κ1) is 17.6. The van der Waals surface area contributed by atoms with Gasteiger partial charge in [0.25, 0.3) is 0 Å². The van der Waals surface area contributed by atoms with Crippen molar-refractivity contribution in [1.82, 2.24) is 4.90 Å². The predicted octanol–water partition coefficient (Wildman–Crippen LogP) is 2.11. The molecule has 0 radical (unpaired) electrons. The normalized spacial score (nSPS) is 17.0. The molecule has 23 heavy (non-hydrogen) atoms. The molecule has 1 aromatic carbocycles. The summed E-state index contributed by atoms with van der Waals surface area (Å²) in [6.07, 6.45) is 2.47. The van der Waals surface area contributed by atoms with Crippen LogP contribution in [0.4, 0.5) is 0 Å². The quantitative estimate of drug-likeness (QED) is 0.872. The van der Waals surface area contributed by atoms with Crippen LogP contribution in [0.1, 0.15) is 25.3 Å². The van der Waals surface area contributed by atoms with Crippen molar-refractivity contribution in [3.63, 3.8) is 0 Å². The van der Waals surface area contributed by atoms with Crippen LogP contribution >= 0.6 is 0 Å². The maximum atomic E-state index is 12.6. The van der Waals surface area contributed by atoms with E-state index in [2.05, 4.69) is 0 Å². The van der Waals surface area contributed by atoms with Gasteiger partial charge in [0.1, 0.15) is 0 Å². The highest BCUT2D eigenvalue weighted by atomic mass is 16.5. The zero-order valence-corrected chi connectivity index (χ0v) is 14.2. The molecule has 0 bridgehead atoms. The van der Waals surface area contributed by atoms with Crippen LogP contribution in [-0.4, -0.2) is 49.8 Å². The lowest BCUT2D eigenvalue weighted by Crippen LogP contribution is -2.42. The van der Waals surface area contributed by atoms with Crippen LogP contribution in [-0.2, 0) is 11.2 Å². The number of carbonyl (C=O) groups is 1. The average molecular weight is 321 g/mol. The number of rotatable bonds is 6. The maximum absolute atomic E-state index is 12.6. The van der Waals surface area contributed by atoms with Crippen LogP contribution in [0.25, 0.3) is 0 Å². The fourth-order valence-corrected chi connectivity index (χ4v) is 3.10. The Labute approximate surface area is 138 Å². The number of aliphatic hydroxyl groups excluding tert-OH is 1. The molecule has 1 N–H and O–H groups in total. The highest BCUT2D eigenvalue weighted by molar-refractivity contribution is 5.79. The van der Waals surface area contributed by atoms with Gasteiger partial charge in [-0.25, -0.2) is 0 Å². The van der Waals surface area contributed by atoms with E-state index in [1.807, 2.05) is 30.0 Å². The molecule has 2 rings (SSSR count). The number of hydrogen-bond acceptors (Lipinski definition) is 4. The van der Waals surface area contributed by atoms with Gasteiger partial charge in [-0.15, -0.1) is 0 Å². The van der Waals surface area contributed by atoms with E-state index in [1.165, 1.54) is 0 Å². The van der Waals surface area contributed by atoms with Gasteiger partial charge < -0.3 is 19.5 Å². The lowest BCUT2D eigenvalue weighted by Gasteiger charge is -2.33. The minimum Gasteiger partial charge on any atom is -0.493 e. The first-order chi connectivity index (χ1) is 11.1. The van der Waals surface area contributed by atoms with Crippen LogP contribution in [0.5, 0.6) is 11.5 Å². The van der Waals surface area contributed by atoms with Crippen molar-refractivity contribution >= 4 is 5.91 Å². The average Bonchev–Trinajstić information content (AvgIpc) is 2.60. The Morgan fingerprint density at radius 2 is 1.91 bits per heavy atom. The number of methoxy groups -OCH3 is 2. The van der Waals surface area contributed by atoms with Gasteiger partial charge in [0.15, 0.2) is 11.5 Å². The van der Waals surface area contributed by atoms with E-state index < -0.39 is 0 Å². The van der Waals surface area contributed by atoms with Crippen molar-refractivity contribution in [2.75, 3.05) is 33.9 Å². The molecule has 0 saturated carbocycles. The Bertz CT molecular complexity index is 524. The standard InChI is InChI=1S/C18H27NO4/c1-13(18(21)19-8-6-14(12-20)7-9-19)10-15-4-5-16(22-2)17(11-15)23-3/h4-5,11,13-14,20H,6-10,12H2,1-3H3. The van der Waals surface area contributed by atoms with Crippen LogP contribution in [0.3, 0.4) is 0 Å². The van der Waals surface area contributed by atoms with Crippen molar-refractivity contribution < 1.29 is 19.4 Å². The Balaban J connectivity index is 1.96. The van der Waals surface area contributed by atoms with Gasteiger partial charge in [0.05, 0.1) is 14.2 Å². The number of benzene rings is 1. The monoisotopic (exact) mass is 321 g/mol. The Kier molecular flexibility index (Phi) is 6.28. The van der Waals surface area contributed by atoms with Gasteiger partial charge in [-0.2, -0.15) is 0 Å². The molecule has 1 heterocycles. The van der Waals surface area contributed by atoms with Crippen LogP contribution in [0.15, 0.2) is 18.2 Å². The number of hydrogen-bond donors (Lipinski definition) is 1. The number of carbonyl (C=O) groups excluding carboxylic acids is 1. The van der Waals surface area contributed by atoms with E-state index in [1.54, 1.807) is 14.2 Å². The smallest absolute Gasteiger partial charge is 0.225 e. The minimum atomic E-state index is -0.0706. The van der Waals surface area contributed by atoms with Crippen LogP contribution < -0.4 is 9.47 Å². The summed E-state index contributed by atoms with van der Waals surface area (Å²) in [7, 11) is 3.22. The zero-order chi connectivity index (χ0) is 16.8. The molecule has 1 atom stereocenters. The molecule has 1 aromatic rings. The number of amides is 1. The third kappa shape index (κ3) is 4.38. The summed E-state index contributed by atoms with van der Waals surface area (Å²) in [6, 6.07) is 5.78. The van der Waals surface area contributed by atoms with Crippen molar-refractivity contribution in [3.8, 4) is 11.5 Å². The number of likely N-dealkylation sites (tertiary alicyclic amines) is 1. The van der Waals surface area contributed by atoms with Crippen LogP contribution in [0, 0.1) is 11.8 Å². The topological polar surface area (TPSA) is 59.0 Å². The SMILES string of the molecule is COc1ccc(CC(C)C(=O)N2CCC(CO)CC2)cc1OC. The van der Waals surface area contributed by atoms with E-state index in [-0.39, 0.29) is 18.4 Å². The maximum Gasteiger partial charge on any atom is 0.225 e. The third-order valence-corrected chi connectivity index (χ3v) is 4.60. The third-order valence-electron chi connectivity index (χ3n) is 4.60. The summed E-state index contributed by atoms with van der Waals surface area (Å²) in [4.78, 5) is 14.5. The summed E-state index contributed by atoms with van der Waals surface area (Å²) in [5.41, 5.74) is 1.06. The summed E-state index contributed by atoms with van der Waals surface area (Å²) in [6.45, 7) is 3.70. The molecule has 1 aliphatic heterocycles. The molecule has 128 valence electrons. The van der Waals surface area contributed by atoms with E-state index in [0.29, 0.717) is 23.8 Å². The van der Waals surface area contributed by atoms with Crippen molar-refractivity contribution in [2.24, 2.45) is 11.8 Å². The molecule has 5 nitrogen and oxygen atoms in total. The lowest BCUT2D eigenvalue weighted by molar-refractivity contribution is -0.136. The molecule has 1 aliphatic rings. The van der Waals surface area contributed by atoms with E-state index in [9.17, 15) is 9.90 Å². The number of aliphatic hydroxyl groups is 1. The minimum absolute atomic E-state index is 0.0706. The van der Waals surface area contributed by atoms with E-state index in [4.69, 9.17) is 9.47 Å². The van der Waals surface area contributed by atoms with Gasteiger partial charge in [0.2, 0.25) is 5.91 Å². The highest BCUT2D eigenvalue weighted by Gasteiger charge is 2.25. The summed E-state index contributed by atoms with van der Waals surface area (Å²) in [5.74, 6) is 1.85. The Morgan fingerprint density at radius 3 is 2.48 bits per heavy atom. The molecular formula is C18H27NO4. The molecule has 1 unspecified atom stereocenters. The van der Waals surface area contributed by atoms with E-state index >= 15 is 0 Å². The Morgan fingerprint density at radius 1 is 1.26 bits per heavy atom. The second-order valence-corrected chi connectivity index (χ2v) is 6.25. The molecule has 1 amide bonds. The largest absolute Gasteiger partial charge is 0.493 e. The number of piperidine rings is 1. The Hall–Kier alpha value is -1.75. The van der Waals surface area contributed by atoms with Gasteiger partial charge in [-0.05, 0) is 42.9 Å². The molecular weight excluding hydrogens is 294 g/mol. The van der Waals surface area contributed by atoms with E-state index in [0.717, 1.165) is 31.5 Å². The molecule has 5 heteroatoms. The van der Waals surface area contributed by atoms with Crippen molar-refractivity contribution in [3.05, 3.63) is 23.8 Å². The lowest BCUT2D eigenvalue weighted by atomic mass is 9.95. The second-order valence-electron chi connectivity index (χ2n) is 6.25. The van der Waals surface area contributed by atoms with Crippen molar-refractivity contribution in [1.29, 1.82) is 0 Å². The number of nitrogens with zero attached hydrogens (tertiary/aromatic N) is 1. The van der Waals surface area contributed by atoms with Gasteiger partial charge in [-0.1, -0.05) is 13.0 Å².